The van der Waals surface area contributed by atoms with Gasteiger partial charge in [0.25, 0.3) is 0 Å². The molecule has 0 aromatic heterocycles. The van der Waals surface area contributed by atoms with E-state index in [-0.39, 0.29) is 5.84 Å². The fraction of sp³-hybridized carbons (Fsp3) is 0.188. The summed E-state index contributed by atoms with van der Waals surface area (Å²) in [5, 5.41) is 7.31. The van der Waals surface area contributed by atoms with Crippen LogP contribution in [0.25, 0.3) is 0 Å². The van der Waals surface area contributed by atoms with Gasteiger partial charge in [-0.1, -0.05) is 30.3 Å². The van der Waals surface area contributed by atoms with Crippen molar-refractivity contribution in [1.29, 1.82) is 5.41 Å². The molecule has 0 aliphatic rings. The van der Waals surface area contributed by atoms with Gasteiger partial charge in [-0.15, -0.1) is 0 Å². The first-order chi connectivity index (χ1) is 9.75. The number of nitrogen functional groups attached to an aromatic ring is 1. The fourth-order valence-electron chi connectivity index (χ4n) is 1.71. The van der Waals surface area contributed by atoms with Crippen molar-refractivity contribution in [3.63, 3.8) is 0 Å². The molecule has 0 saturated heterocycles. The SMILES string of the molecule is N=C(N)c1ccc(OCCSCc2ccccc2)cc1. The molecule has 0 aliphatic carbocycles. The van der Waals surface area contributed by atoms with E-state index in [1.54, 1.807) is 12.1 Å². The molecule has 4 heteroatoms. The van der Waals surface area contributed by atoms with E-state index in [1.165, 1.54) is 5.56 Å². The monoisotopic (exact) mass is 286 g/mol. The Morgan fingerprint density at radius 1 is 1.05 bits per heavy atom. The number of hydrogen-bond donors (Lipinski definition) is 2. The Hall–Kier alpha value is -1.94. The Balaban J connectivity index is 1.67. The second-order valence-corrected chi connectivity index (χ2v) is 5.43. The van der Waals surface area contributed by atoms with Gasteiger partial charge in [-0.2, -0.15) is 11.8 Å². The Morgan fingerprint density at radius 3 is 2.40 bits per heavy atom. The summed E-state index contributed by atoms with van der Waals surface area (Å²) in [6, 6.07) is 17.7. The van der Waals surface area contributed by atoms with Crippen LogP contribution in [0.4, 0.5) is 0 Å². The van der Waals surface area contributed by atoms with Crippen molar-refractivity contribution in [3.8, 4) is 5.75 Å². The van der Waals surface area contributed by atoms with Crippen molar-refractivity contribution >= 4 is 17.6 Å². The molecule has 0 heterocycles. The third kappa shape index (κ3) is 4.63. The minimum Gasteiger partial charge on any atom is -0.493 e. The summed E-state index contributed by atoms with van der Waals surface area (Å²) in [6.45, 7) is 0.677. The summed E-state index contributed by atoms with van der Waals surface area (Å²) in [7, 11) is 0. The molecule has 0 spiro atoms. The Kier molecular flexibility index (Phi) is 5.50. The quantitative estimate of drug-likeness (QED) is 0.466. The van der Waals surface area contributed by atoms with Gasteiger partial charge < -0.3 is 10.5 Å². The molecule has 104 valence electrons. The first kappa shape index (κ1) is 14.5. The van der Waals surface area contributed by atoms with Gasteiger partial charge in [0.05, 0.1) is 6.61 Å². The van der Waals surface area contributed by atoms with Crippen LogP contribution in [-0.4, -0.2) is 18.2 Å². The second kappa shape index (κ2) is 7.60. The summed E-state index contributed by atoms with van der Waals surface area (Å²) in [5.74, 6) is 2.85. The number of nitrogens with two attached hydrogens (primary N) is 1. The first-order valence-corrected chi connectivity index (χ1v) is 7.60. The molecular weight excluding hydrogens is 268 g/mol. The summed E-state index contributed by atoms with van der Waals surface area (Å²) in [5.41, 5.74) is 7.45. The maximum Gasteiger partial charge on any atom is 0.122 e. The van der Waals surface area contributed by atoms with E-state index in [9.17, 15) is 0 Å². The highest BCUT2D eigenvalue weighted by Gasteiger charge is 1.98. The van der Waals surface area contributed by atoms with Gasteiger partial charge in [-0.25, -0.2) is 0 Å². The predicted octanol–water partition coefficient (Wildman–Crippen LogP) is 3.28. The molecule has 0 saturated carbocycles. The minimum atomic E-state index is 0.0787. The molecule has 0 unspecified atom stereocenters. The van der Waals surface area contributed by atoms with Gasteiger partial charge in [0.15, 0.2) is 0 Å². The lowest BCUT2D eigenvalue weighted by Gasteiger charge is -2.07. The molecule has 2 rings (SSSR count). The van der Waals surface area contributed by atoms with Gasteiger partial charge in [0.2, 0.25) is 0 Å². The van der Waals surface area contributed by atoms with E-state index in [1.807, 2.05) is 30.0 Å². The van der Waals surface area contributed by atoms with E-state index in [2.05, 4.69) is 24.3 Å². The number of amidine groups is 1. The summed E-state index contributed by atoms with van der Waals surface area (Å²) >= 11 is 1.85. The highest BCUT2D eigenvalue weighted by atomic mass is 32.2. The largest absolute Gasteiger partial charge is 0.493 e. The standard InChI is InChI=1S/C16H18N2OS/c17-16(18)14-6-8-15(9-7-14)19-10-11-20-12-13-4-2-1-3-5-13/h1-9H,10-12H2,(H3,17,18). The maximum atomic E-state index is 7.31. The molecule has 3 N–H and O–H groups in total. The number of nitrogens with one attached hydrogen (secondary N) is 1. The molecule has 20 heavy (non-hydrogen) atoms. The van der Waals surface area contributed by atoms with Crippen LogP contribution in [0.1, 0.15) is 11.1 Å². The molecule has 2 aromatic rings. The molecule has 0 aliphatic heterocycles. The molecular formula is C16H18N2OS. The molecule has 2 aromatic carbocycles. The van der Waals surface area contributed by atoms with Crippen LogP contribution in [0.5, 0.6) is 5.75 Å². The smallest absolute Gasteiger partial charge is 0.122 e. The Morgan fingerprint density at radius 2 is 1.75 bits per heavy atom. The van der Waals surface area contributed by atoms with Crippen molar-refractivity contribution in [2.75, 3.05) is 12.4 Å². The van der Waals surface area contributed by atoms with Crippen molar-refractivity contribution in [2.24, 2.45) is 5.73 Å². The number of ether oxygens (including phenoxy) is 1. The normalized spacial score (nSPS) is 10.2. The van der Waals surface area contributed by atoms with Gasteiger partial charge in [-0.3, -0.25) is 5.41 Å². The lowest BCUT2D eigenvalue weighted by atomic mass is 10.2. The second-order valence-electron chi connectivity index (χ2n) is 4.32. The van der Waals surface area contributed by atoms with E-state index >= 15 is 0 Å². The van der Waals surface area contributed by atoms with Gasteiger partial charge in [0, 0.05) is 17.1 Å². The Bertz CT molecular complexity index is 540. The predicted molar refractivity (Wildman–Crippen MR) is 85.6 cm³/mol. The van der Waals surface area contributed by atoms with Crippen LogP contribution in [0.2, 0.25) is 0 Å². The number of thioether (sulfide) groups is 1. The molecule has 0 fully saturated rings. The van der Waals surface area contributed by atoms with E-state index in [0.29, 0.717) is 6.61 Å². The molecule has 0 radical (unpaired) electrons. The highest BCUT2D eigenvalue weighted by molar-refractivity contribution is 7.98. The van der Waals surface area contributed by atoms with Gasteiger partial charge >= 0.3 is 0 Å². The average Bonchev–Trinajstić information content (AvgIpc) is 2.48. The zero-order valence-electron chi connectivity index (χ0n) is 11.2. The molecule has 3 nitrogen and oxygen atoms in total. The highest BCUT2D eigenvalue weighted by Crippen LogP contribution is 2.14. The molecule has 0 atom stereocenters. The third-order valence-electron chi connectivity index (χ3n) is 2.77. The van der Waals surface area contributed by atoms with Crippen LogP contribution in [0, 0.1) is 5.41 Å². The van der Waals surface area contributed by atoms with E-state index < -0.39 is 0 Å². The van der Waals surface area contributed by atoms with Crippen molar-refractivity contribution < 1.29 is 4.74 Å². The van der Waals surface area contributed by atoms with Crippen LogP contribution in [0.15, 0.2) is 54.6 Å². The van der Waals surface area contributed by atoms with E-state index in [0.717, 1.165) is 22.8 Å². The maximum absolute atomic E-state index is 7.31. The number of benzene rings is 2. The third-order valence-corrected chi connectivity index (χ3v) is 3.77. The molecule has 0 amide bonds. The van der Waals surface area contributed by atoms with Crippen LogP contribution >= 0.6 is 11.8 Å². The molecule has 0 bridgehead atoms. The topological polar surface area (TPSA) is 59.1 Å². The lowest BCUT2D eigenvalue weighted by molar-refractivity contribution is 0.344. The average molecular weight is 286 g/mol. The number of rotatable bonds is 7. The minimum absolute atomic E-state index is 0.0787. The van der Waals surface area contributed by atoms with E-state index in [4.69, 9.17) is 15.9 Å². The van der Waals surface area contributed by atoms with Crippen molar-refractivity contribution in [3.05, 3.63) is 65.7 Å². The fourth-order valence-corrected chi connectivity index (χ4v) is 2.49. The summed E-state index contributed by atoms with van der Waals surface area (Å²) in [6.07, 6.45) is 0. The lowest BCUT2D eigenvalue weighted by Crippen LogP contribution is -2.10. The van der Waals surface area contributed by atoms with Crippen molar-refractivity contribution in [1.82, 2.24) is 0 Å². The van der Waals surface area contributed by atoms with Crippen LogP contribution in [0.3, 0.4) is 0 Å². The van der Waals surface area contributed by atoms with Crippen LogP contribution < -0.4 is 10.5 Å². The van der Waals surface area contributed by atoms with Crippen LogP contribution in [-0.2, 0) is 5.75 Å². The zero-order valence-corrected chi connectivity index (χ0v) is 12.0. The van der Waals surface area contributed by atoms with Gasteiger partial charge in [0.1, 0.15) is 11.6 Å². The number of hydrogen-bond acceptors (Lipinski definition) is 3. The first-order valence-electron chi connectivity index (χ1n) is 6.44. The summed E-state index contributed by atoms with van der Waals surface area (Å²) < 4.78 is 5.65. The zero-order chi connectivity index (χ0) is 14.2. The summed E-state index contributed by atoms with van der Waals surface area (Å²) in [4.78, 5) is 0. The van der Waals surface area contributed by atoms with Gasteiger partial charge in [-0.05, 0) is 29.8 Å². The Labute approximate surface area is 123 Å². The van der Waals surface area contributed by atoms with Crippen molar-refractivity contribution in [2.45, 2.75) is 5.75 Å².